The van der Waals surface area contributed by atoms with Crippen LogP contribution in [0.25, 0.3) is 11.4 Å². The number of halogens is 1. The van der Waals surface area contributed by atoms with Crippen molar-refractivity contribution in [3.63, 3.8) is 0 Å². The zero-order chi connectivity index (χ0) is 16.2. The molecule has 6 heteroatoms. The molecule has 0 fully saturated rings. The summed E-state index contributed by atoms with van der Waals surface area (Å²) in [6.45, 7) is 1.18. The van der Waals surface area contributed by atoms with E-state index in [0.29, 0.717) is 18.0 Å². The van der Waals surface area contributed by atoms with Gasteiger partial charge in [0, 0.05) is 12.1 Å². The molecule has 0 radical (unpaired) electrons. The van der Waals surface area contributed by atoms with Crippen LogP contribution in [0.2, 0.25) is 0 Å². The van der Waals surface area contributed by atoms with Crippen molar-refractivity contribution in [1.29, 1.82) is 0 Å². The number of hydrogen-bond donors (Lipinski definition) is 1. The van der Waals surface area contributed by atoms with Crippen LogP contribution in [0.4, 0.5) is 4.39 Å². The number of H-pyrrole nitrogens is 1. The summed E-state index contributed by atoms with van der Waals surface area (Å²) in [5, 5.41) is 3.21. The molecule has 0 aliphatic heterocycles. The van der Waals surface area contributed by atoms with E-state index >= 15 is 0 Å². The van der Waals surface area contributed by atoms with Gasteiger partial charge in [0.25, 0.3) is 0 Å². The molecule has 0 aliphatic carbocycles. The fourth-order valence-corrected chi connectivity index (χ4v) is 2.61. The molecule has 0 saturated heterocycles. The summed E-state index contributed by atoms with van der Waals surface area (Å²) >= 11 is 5.31. The predicted octanol–water partition coefficient (Wildman–Crippen LogP) is 3.84. The Morgan fingerprint density at radius 3 is 2.70 bits per heavy atom. The van der Waals surface area contributed by atoms with Gasteiger partial charge in [-0.3, -0.25) is 10.00 Å². The van der Waals surface area contributed by atoms with Gasteiger partial charge in [-0.15, -0.1) is 0 Å². The van der Waals surface area contributed by atoms with Gasteiger partial charge in [-0.05, 0) is 37.0 Å². The normalized spacial score (nSPS) is 11.1. The van der Waals surface area contributed by atoms with Crippen molar-refractivity contribution in [2.45, 2.75) is 13.2 Å². The van der Waals surface area contributed by atoms with Gasteiger partial charge >= 0.3 is 0 Å². The Morgan fingerprint density at radius 1 is 1.17 bits per heavy atom. The first-order valence-electron chi connectivity index (χ1n) is 7.27. The van der Waals surface area contributed by atoms with E-state index in [4.69, 9.17) is 12.2 Å². The molecule has 0 spiro atoms. The van der Waals surface area contributed by atoms with E-state index in [0.717, 1.165) is 17.0 Å². The van der Waals surface area contributed by atoms with Crippen molar-refractivity contribution in [1.82, 2.24) is 19.7 Å². The number of rotatable bonds is 5. The standard InChI is InChI=1S/C17H17FN4S/c1-21(11-13-6-5-9-15(18)10-13)12-22-17(23)19-16(20-22)14-7-3-2-4-8-14/h2-10H,11-12H2,1H3,(H,19,20,23). The van der Waals surface area contributed by atoms with Crippen molar-refractivity contribution < 1.29 is 4.39 Å². The highest BCUT2D eigenvalue weighted by Gasteiger charge is 2.07. The van der Waals surface area contributed by atoms with Gasteiger partial charge in [-0.2, -0.15) is 4.98 Å². The molecule has 4 nitrogen and oxygen atoms in total. The van der Waals surface area contributed by atoms with Crippen molar-refractivity contribution in [2.24, 2.45) is 0 Å². The van der Waals surface area contributed by atoms with Crippen LogP contribution in [0.5, 0.6) is 0 Å². The molecule has 0 bridgehead atoms. The lowest BCUT2D eigenvalue weighted by molar-refractivity contribution is 0.244. The lowest BCUT2D eigenvalue weighted by Crippen LogP contribution is -2.22. The highest BCUT2D eigenvalue weighted by molar-refractivity contribution is 7.71. The minimum Gasteiger partial charge on any atom is -0.283 e. The molecule has 0 atom stereocenters. The van der Waals surface area contributed by atoms with Gasteiger partial charge in [-0.1, -0.05) is 42.5 Å². The zero-order valence-corrected chi connectivity index (χ0v) is 13.6. The van der Waals surface area contributed by atoms with E-state index in [1.54, 1.807) is 10.7 Å². The third kappa shape index (κ3) is 3.91. The van der Waals surface area contributed by atoms with Gasteiger partial charge < -0.3 is 0 Å². The quantitative estimate of drug-likeness (QED) is 0.723. The van der Waals surface area contributed by atoms with E-state index in [1.165, 1.54) is 12.1 Å². The Kier molecular flexibility index (Phi) is 4.64. The van der Waals surface area contributed by atoms with E-state index in [1.807, 2.05) is 48.3 Å². The molecule has 0 saturated carbocycles. The van der Waals surface area contributed by atoms with Crippen LogP contribution in [0.3, 0.4) is 0 Å². The van der Waals surface area contributed by atoms with Gasteiger partial charge in [0.15, 0.2) is 5.82 Å². The van der Waals surface area contributed by atoms with Gasteiger partial charge in [0.1, 0.15) is 5.82 Å². The van der Waals surface area contributed by atoms with Gasteiger partial charge in [-0.25, -0.2) is 9.07 Å². The molecule has 118 valence electrons. The predicted molar refractivity (Wildman–Crippen MR) is 90.7 cm³/mol. The highest BCUT2D eigenvalue weighted by atomic mass is 32.1. The topological polar surface area (TPSA) is 36.9 Å². The molecule has 2 aromatic carbocycles. The number of nitrogens with one attached hydrogen (secondary N) is 1. The molecule has 0 aliphatic rings. The molecule has 0 unspecified atom stereocenters. The summed E-state index contributed by atoms with van der Waals surface area (Å²) in [5.74, 6) is 0.523. The smallest absolute Gasteiger partial charge is 0.217 e. The maximum atomic E-state index is 13.2. The van der Waals surface area contributed by atoms with E-state index < -0.39 is 0 Å². The fourth-order valence-electron chi connectivity index (χ4n) is 2.42. The summed E-state index contributed by atoms with van der Waals surface area (Å²) in [7, 11) is 1.95. The van der Waals surface area contributed by atoms with Gasteiger partial charge in [0.2, 0.25) is 4.77 Å². The third-order valence-electron chi connectivity index (χ3n) is 3.45. The number of benzene rings is 2. The Bertz CT molecular complexity index is 841. The monoisotopic (exact) mass is 328 g/mol. The minimum atomic E-state index is -0.222. The first-order valence-corrected chi connectivity index (χ1v) is 7.68. The first kappa shape index (κ1) is 15.6. The van der Waals surface area contributed by atoms with E-state index in [9.17, 15) is 4.39 Å². The molecule has 1 aromatic heterocycles. The molecule has 0 amide bonds. The number of hydrogen-bond acceptors (Lipinski definition) is 3. The molecular weight excluding hydrogens is 311 g/mol. The second-order valence-corrected chi connectivity index (χ2v) is 5.80. The second kappa shape index (κ2) is 6.85. The Hall–Kier alpha value is -2.31. The fraction of sp³-hybridized carbons (Fsp3) is 0.176. The molecule has 1 heterocycles. The maximum Gasteiger partial charge on any atom is 0.217 e. The van der Waals surface area contributed by atoms with Crippen LogP contribution in [-0.2, 0) is 13.2 Å². The summed E-state index contributed by atoms with van der Waals surface area (Å²) in [6.07, 6.45) is 0. The van der Waals surface area contributed by atoms with Crippen LogP contribution in [-0.4, -0.2) is 26.7 Å². The van der Waals surface area contributed by atoms with Crippen molar-refractivity contribution >= 4 is 12.2 Å². The molecular formula is C17H17FN4S. The second-order valence-electron chi connectivity index (χ2n) is 5.43. The molecule has 1 N–H and O–H groups in total. The summed E-state index contributed by atoms with van der Waals surface area (Å²) < 4.78 is 15.5. The lowest BCUT2D eigenvalue weighted by Gasteiger charge is -2.16. The largest absolute Gasteiger partial charge is 0.283 e. The van der Waals surface area contributed by atoms with Crippen molar-refractivity contribution in [2.75, 3.05) is 7.05 Å². The molecule has 23 heavy (non-hydrogen) atoms. The number of aromatic amines is 1. The zero-order valence-electron chi connectivity index (χ0n) is 12.7. The average molecular weight is 328 g/mol. The SMILES string of the molecule is CN(Cc1cccc(F)c1)Cn1[nH]c(-c2ccccc2)nc1=S. The third-order valence-corrected chi connectivity index (χ3v) is 3.76. The number of aromatic nitrogens is 3. The summed E-state index contributed by atoms with van der Waals surface area (Å²) in [5.41, 5.74) is 1.91. The van der Waals surface area contributed by atoms with Crippen LogP contribution >= 0.6 is 12.2 Å². The molecule has 3 rings (SSSR count). The van der Waals surface area contributed by atoms with E-state index in [-0.39, 0.29) is 5.82 Å². The average Bonchev–Trinajstić information content (AvgIpc) is 2.89. The highest BCUT2D eigenvalue weighted by Crippen LogP contribution is 2.14. The summed E-state index contributed by atoms with van der Waals surface area (Å²) in [6, 6.07) is 16.4. The van der Waals surface area contributed by atoms with Gasteiger partial charge in [0.05, 0.1) is 6.67 Å². The van der Waals surface area contributed by atoms with Crippen LogP contribution < -0.4 is 0 Å². The van der Waals surface area contributed by atoms with Crippen molar-refractivity contribution in [3.05, 3.63) is 70.7 Å². The maximum absolute atomic E-state index is 13.2. The summed E-state index contributed by atoms with van der Waals surface area (Å²) in [4.78, 5) is 6.43. The van der Waals surface area contributed by atoms with Crippen LogP contribution in [0.15, 0.2) is 54.6 Å². The lowest BCUT2D eigenvalue weighted by atomic mass is 10.2. The Morgan fingerprint density at radius 2 is 1.96 bits per heavy atom. The van der Waals surface area contributed by atoms with E-state index in [2.05, 4.69) is 10.1 Å². The Balaban J connectivity index is 1.73. The Labute approximate surface area is 139 Å². The van der Waals surface area contributed by atoms with Crippen LogP contribution in [0.1, 0.15) is 5.56 Å². The minimum absolute atomic E-state index is 0.222. The van der Waals surface area contributed by atoms with Crippen LogP contribution in [0, 0.1) is 10.6 Å². The molecule has 3 aromatic rings. The number of nitrogens with zero attached hydrogens (tertiary/aromatic N) is 3. The van der Waals surface area contributed by atoms with Crippen molar-refractivity contribution in [3.8, 4) is 11.4 Å². The first-order chi connectivity index (χ1) is 11.1.